The number of halogens is 3. The molecule has 100 valence electrons. The van der Waals surface area contributed by atoms with E-state index in [2.05, 4.69) is 10.6 Å². The molecule has 0 aliphatic heterocycles. The first-order chi connectivity index (χ1) is 8.36. The molecule has 1 unspecified atom stereocenters. The van der Waals surface area contributed by atoms with E-state index in [0.717, 1.165) is 6.07 Å². The van der Waals surface area contributed by atoms with Gasteiger partial charge in [-0.25, -0.2) is 0 Å². The van der Waals surface area contributed by atoms with Gasteiger partial charge in [0.05, 0.1) is 5.56 Å². The lowest BCUT2D eigenvalue weighted by Gasteiger charge is -2.18. The number of nitrogens with one attached hydrogen (secondary N) is 2. The molecule has 1 rings (SSSR count). The lowest BCUT2D eigenvalue weighted by atomic mass is 10.1. The summed E-state index contributed by atoms with van der Waals surface area (Å²) >= 11 is 0. The van der Waals surface area contributed by atoms with Crippen LogP contribution in [-0.2, 0) is 11.0 Å². The highest BCUT2D eigenvalue weighted by atomic mass is 19.4. The molecular formula is C12H15F3N2O. The third-order valence-electron chi connectivity index (χ3n) is 2.35. The molecule has 1 amide bonds. The lowest BCUT2D eigenvalue weighted by Crippen LogP contribution is -2.37. The number of carbonyl (C=O) groups is 1. The third-order valence-corrected chi connectivity index (χ3v) is 2.35. The number of alkyl halides is 3. The second-order valence-corrected chi connectivity index (χ2v) is 3.80. The largest absolute Gasteiger partial charge is 0.418 e. The first-order valence-corrected chi connectivity index (χ1v) is 5.56. The quantitative estimate of drug-likeness (QED) is 0.873. The summed E-state index contributed by atoms with van der Waals surface area (Å²) in [7, 11) is 0. The third kappa shape index (κ3) is 3.65. The summed E-state index contributed by atoms with van der Waals surface area (Å²) < 4.78 is 38.1. The SMILES string of the molecule is CCNC(=O)C(C)Nc1ccccc1C(F)(F)F. The minimum Gasteiger partial charge on any atom is -0.373 e. The average Bonchev–Trinajstić information content (AvgIpc) is 2.28. The van der Waals surface area contributed by atoms with Crippen molar-refractivity contribution in [1.29, 1.82) is 0 Å². The van der Waals surface area contributed by atoms with Crippen LogP contribution in [0.25, 0.3) is 0 Å². The molecule has 0 radical (unpaired) electrons. The summed E-state index contributed by atoms with van der Waals surface area (Å²) in [6.07, 6.45) is -4.44. The Balaban J connectivity index is 2.88. The van der Waals surface area contributed by atoms with Crippen LogP contribution in [0.1, 0.15) is 19.4 Å². The van der Waals surface area contributed by atoms with Crippen molar-refractivity contribution in [2.75, 3.05) is 11.9 Å². The fourth-order valence-electron chi connectivity index (χ4n) is 1.48. The maximum atomic E-state index is 12.7. The maximum absolute atomic E-state index is 12.7. The summed E-state index contributed by atoms with van der Waals surface area (Å²) in [4.78, 5) is 11.5. The molecule has 6 heteroatoms. The van der Waals surface area contributed by atoms with Crippen molar-refractivity contribution in [2.24, 2.45) is 0 Å². The van der Waals surface area contributed by atoms with Crippen LogP contribution < -0.4 is 10.6 Å². The Morgan fingerprint density at radius 1 is 1.33 bits per heavy atom. The fraction of sp³-hybridized carbons (Fsp3) is 0.417. The smallest absolute Gasteiger partial charge is 0.373 e. The average molecular weight is 260 g/mol. The molecule has 0 spiro atoms. The predicted octanol–water partition coefficient (Wildman–Crippen LogP) is 2.64. The molecule has 1 aromatic carbocycles. The van der Waals surface area contributed by atoms with Crippen molar-refractivity contribution in [2.45, 2.75) is 26.1 Å². The number of anilines is 1. The highest BCUT2D eigenvalue weighted by molar-refractivity contribution is 5.84. The van der Waals surface area contributed by atoms with E-state index in [9.17, 15) is 18.0 Å². The maximum Gasteiger partial charge on any atom is 0.418 e. The van der Waals surface area contributed by atoms with Gasteiger partial charge >= 0.3 is 6.18 Å². The molecular weight excluding hydrogens is 245 g/mol. The van der Waals surface area contributed by atoms with Crippen molar-refractivity contribution in [3.05, 3.63) is 29.8 Å². The van der Waals surface area contributed by atoms with Gasteiger partial charge in [-0.2, -0.15) is 13.2 Å². The van der Waals surface area contributed by atoms with Gasteiger partial charge in [0.15, 0.2) is 0 Å². The Morgan fingerprint density at radius 2 is 1.94 bits per heavy atom. The number of rotatable bonds is 4. The molecule has 0 heterocycles. The highest BCUT2D eigenvalue weighted by Crippen LogP contribution is 2.34. The molecule has 2 N–H and O–H groups in total. The van der Waals surface area contributed by atoms with Crippen LogP contribution in [0.3, 0.4) is 0 Å². The van der Waals surface area contributed by atoms with Crippen LogP contribution in [0.2, 0.25) is 0 Å². The van der Waals surface area contributed by atoms with E-state index in [0.29, 0.717) is 6.54 Å². The number of amides is 1. The number of benzene rings is 1. The zero-order valence-corrected chi connectivity index (χ0v) is 10.1. The van der Waals surface area contributed by atoms with Gasteiger partial charge in [0.2, 0.25) is 5.91 Å². The van der Waals surface area contributed by atoms with Crippen molar-refractivity contribution in [3.63, 3.8) is 0 Å². The van der Waals surface area contributed by atoms with Crippen LogP contribution in [-0.4, -0.2) is 18.5 Å². The molecule has 0 bridgehead atoms. The summed E-state index contributed by atoms with van der Waals surface area (Å²) in [6.45, 7) is 3.69. The van der Waals surface area contributed by atoms with Crippen molar-refractivity contribution in [3.8, 4) is 0 Å². The summed E-state index contributed by atoms with van der Waals surface area (Å²) in [6, 6.07) is 4.35. The van der Waals surface area contributed by atoms with Gasteiger partial charge in [0.25, 0.3) is 0 Å². The van der Waals surface area contributed by atoms with E-state index in [1.165, 1.54) is 25.1 Å². The van der Waals surface area contributed by atoms with Gasteiger partial charge in [-0.3, -0.25) is 4.79 Å². The molecule has 0 aliphatic carbocycles. The molecule has 0 aliphatic rings. The standard InChI is InChI=1S/C12H15F3N2O/c1-3-16-11(18)8(2)17-10-7-5-4-6-9(10)12(13,14)15/h4-8,17H,3H2,1-2H3,(H,16,18). The number of carbonyl (C=O) groups excluding carboxylic acids is 1. The molecule has 1 atom stereocenters. The van der Waals surface area contributed by atoms with Gasteiger partial charge in [-0.1, -0.05) is 12.1 Å². The Hall–Kier alpha value is -1.72. The highest BCUT2D eigenvalue weighted by Gasteiger charge is 2.33. The van der Waals surface area contributed by atoms with Crippen molar-refractivity contribution in [1.82, 2.24) is 5.32 Å². The van der Waals surface area contributed by atoms with E-state index in [1.807, 2.05) is 0 Å². The van der Waals surface area contributed by atoms with E-state index in [1.54, 1.807) is 6.92 Å². The second kappa shape index (κ2) is 5.75. The van der Waals surface area contributed by atoms with Gasteiger partial charge in [0, 0.05) is 12.2 Å². The van der Waals surface area contributed by atoms with E-state index >= 15 is 0 Å². The molecule has 18 heavy (non-hydrogen) atoms. The second-order valence-electron chi connectivity index (χ2n) is 3.80. The predicted molar refractivity (Wildman–Crippen MR) is 63.2 cm³/mol. The molecule has 0 saturated carbocycles. The lowest BCUT2D eigenvalue weighted by molar-refractivity contribution is -0.137. The van der Waals surface area contributed by atoms with Gasteiger partial charge in [-0.05, 0) is 26.0 Å². The van der Waals surface area contributed by atoms with Gasteiger partial charge in [0.1, 0.15) is 6.04 Å². The van der Waals surface area contributed by atoms with Crippen molar-refractivity contribution < 1.29 is 18.0 Å². The van der Waals surface area contributed by atoms with Gasteiger partial charge in [-0.15, -0.1) is 0 Å². The Labute approximate surface area is 103 Å². The molecule has 0 saturated heterocycles. The van der Waals surface area contributed by atoms with Crippen molar-refractivity contribution >= 4 is 11.6 Å². The zero-order chi connectivity index (χ0) is 13.8. The Morgan fingerprint density at radius 3 is 2.50 bits per heavy atom. The van der Waals surface area contributed by atoms with Crippen LogP contribution in [0.4, 0.5) is 18.9 Å². The van der Waals surface area contributed by atoms with E-state index in [-0.39, 0.29) is 11.6 Å². The molecule has 1 aromatic rings. The van der Waals surface area contributed by atoms with Crippen LogP contribution in [0.15, 0.2) is 24.3 Å². The molecule has 3 nitrogen and oxygen atoms in total. The number of hydrogen-bond donors (Lipinski definition) is 2. The van der Waals surface area contributed by atoms with E-state index in [4.69, 9.17) is 0 Å². The monoisotopic (exact) mass is 260 g/mol. The molecule has 0 aromatic heterocycles. The minimum atomic E-state index is -4.44. The van der Waals surface area contributed by atoms with Gasteiger partial charge < -0.3 is 10.6 Å². The fourth-order valence-corrected chi connectivity index (χ4v) is 1.48. The minimum absolute atomic E-state index is 0.0937. The van der Waals surface area contributed by atoms with Crippen LogP contribution in [0, 0.1) is 0 Å². The number of likely N-dealkylation sites (N-methyl/N-ethyl adjacent to an activating group) is 1. The summed E-state index contributed by atoms with van der Waals surface area (Å²) in [5.41, 5.74) is -0.870. The van der Waals surface area contributed by atoms with Crippen LogP contribution in [0.5, 0.6) is 0 Å². The zero-order valence-electron chi connectivity index (χ0n) is 10.1. The summed E-state index contributed by atoms with van der Waals surface area (Å²) in [5.74, 6) is -0.338. The topological polar surface area (TPSA) is 41.1 Å². The first kappa shape index (κ1) is 14.3. The van der Waals surface area contributed by atoms with E-state index < -0.39 is 17.8 Å². The first-order valence-electron chi connectivity index (χ1n) is 5.56. The Bertz CT molecular complexity index is 418. The molecule has 0 fully saturated rings. The Kier molecular flexibility index (Phi) is 4.58. The number of hydrogen-bond acceptors (Lipinski definition) is 2. The number of para-hydroxylation sites is 1. The summed E-state index contributed by atoms with van der Waals surface area (Å²) in [5, 5.41) is 5.11. The van der Waals surface area contributed by atoms with Crippen LogP contribution >= 0.6 is 0 Å². The normalized spacial score (nSPS) is 12.9.